The molecule has 2 amide bonds. The van der Waals surface area contributed by atoms with Gasteiger partial charge in [-0.1, -0.05) is 17.7 Å². The number of carbonyl (C=O) groups is 1. The number of nitrogens with one attached hydrogen (secondary N) is 1. The molecule has 0 aliphatic carbocycles. The van der Waals surface area contributed by atoms with Gasteiger partial charge in [-0.3, -0.25) is 0 Å². The van der Waals surface area contributed by atoms with Crippen LogP contribution in [-0.2, 0) is 0 Å². The van der Waals surface area contributed by atoms with Gasteiger partial charge < -0.3 is 20.1 Å². The summed E-state index contributed by atoms with van der Waals surface area (Å²) in [6, 6.07) is 7.01. The molecular formula is C13H17ClN2O3. The van der Waals surface area contributed by atoms with Gasteiger partial charge in [-0.25, -0.2) is 4.79 Å². The zero-order valence-corrected chi connectivity index (χ0v) is 11.4. The van der Waals surface area contributed by atoms with E-state index < -0.39 is 6.10 Å². The van der Waals surface area contributed by atoms with Crippen molar-refractivity contribution in [2.75, 3.05) is 19.6 Å². The fourth-order valence-corrected chi connectivity index (χ4v) is 1.94. The van der Waals surface area contributed by atoms with Crippen molar-refractivity contribution in [3.8, 4) is 5.75 Å². The Morgan fingerprint density at radius 3 is 3.00 bits per heavy atom. The smallest absolute Gasteiger partial charge is 0.317 e. The Hall–Kier alpha value is -1.46. The van der Waals surface area contributed by atoms with Gasteiger partial charge in [-0.15, -0.1) is 0 Å². The number of hydrogen-bond donors (Lipinski definition) is 2. The van der Waals surface area contributed by atoms with Gasteiger partial charge >= 0.3 is 6.03 Å². The van der Waals surface area contributed by atoms with Crippen LogP contribution in [0.4, 0.5) is 4.79 Å². The summed E-state index contributed by atoms with van der Waals surface area (Å²) >= 11 is 5.86. The molecule has 5 nitrogen and oxygen atoms in total. The summed E-state index contributed by atoms with van der Waals surface area (Å²) in [5.74, 6) is 0.710. The fraction of sp³-hybridized carbons (Fsp3) is 0.462. The van der Waals surface area contributed by atoms with Crippen LogP contribution in [0.1, 0.15) is 6.92 Å². The minimum absolute atomic E-state index is 0.00392. The van der Waals surface area contributed by atoms with Gasteiger partial charge in [-0.05, 0) is 25.1 Å². The third-order valence-electron chi connectivity index (χ3n) is 2.78. The van der Waals surface area contributed by atoms with Gasteiger partial charge in [0.1, 0.15) is 11.9 Å². The highest BCUT2D eigenvalue weighted by atomic mass is 35.5. The molecule has 1 heterocycles. The summed E-state index contributed by atoms with van der Waals surface area (Å²) in [6.45, 7) is 2.97. The van der Waals surface area contributed by atoms with Crippen LogP contribution in [0.25, 0.3) is 0 Å². The maximum atomic E-state index is 11.6. The molecule has 1 aromatic carbocycles. The topological polar surface area (TPSA) is 61.8 Å². The molecule has 104 valence electrons. The second kappa shape index (κ2) is 6.12. The zero-order chi connectivity index (χ0) is 13.8. The predicted molar refractivity (Wildman–Crippen MR) is 72.5 cm³/mol. The van der Waals surface area contributed by atoms with E-state index in [9.17, 15) is 4.79 Å². The number of amides is 2. The molecule has 1 unspecified atom stereocenters. The SMILES string of the molecule is CC(O)CNC(=O)N1CC(Oc2cccc(Cl)c2)C1. The van der Waals surface area contributed by atoms with Crippen molar-refractivity contribution in [1.29, 1.82) is 0 Å². The Bertz CT molecular complexity index is 447. The maximum absolute atomic E-state index is 11.6. The van der Waals surface area contributed by atoms with Gasteiger partial charge in [-0.2, -0.15) is 0 Å². The number of rotatable bonds is 4. The lowest BCUT2D eigenvalue weighted by atomic mass is 10.2. The van der Waals surface area contributed by atoms with Crippen LogP contribution in [0.2, 0.25) is 5.02 Å². The molecule has 1 fully saturated rings. The highest BCUT2D eigenvalue weighted by Gasteiger charge is 2.32. The molecule has 0 bridgehead atoms. The Labute approximate surface area is 117 Å². The molecule has 2 N–H and O–H groups in total. The van der Waals surface area contributed by atoms with E-state index in [-0.39, 0.29) is 18.7 Å². The number of benzene rings is 1. The number of ether oxygens (including phenoxy) is 1. The Balaban J connectivity index is 1.73. The number of likely N-dealkylation sites (tertiary alicyclic amines) is 1. The number of nitrogens with zero attached hydrogens (tertiary/aromatic N) is 1. The third kappa shape index (κ3) is 4.01. The van der Waals surface area contributed by atoms with Gasteiger partial charge in [0.05, 0.1) is 19.2 Å². The molecule has 0 spiro atoms. The molecule has 2 rings (SSSR count). The van der Waals surface area contributed by atoms with Crippen LogP contribution < -0.4 is 10.1 Å². The second-order valence-corrected chi connectivity index (χ2v) is 5.07. The van der Waals surface area contributed by atoms with E-state index in [1.54, 1.807) is 24.0 Å². The van der Waals surface area contributed by atoms with E-state index in [1.807, 2.05) is 12.1 Å². The minimum atomic E-state index is -0.538. The van der Waals surface area contributed by atoms with Crippen LogP contribution in [0.15, 0.2) is 24.3 Å². The molecule has 1 aromatic rings. The zero-order valence-electron chi connectivity index (χ0n) is 10.7. The standard InChI is InChI=1S/C13H17ClN2O3/c1-9(17)6-15-13(18)16-7-12(8-16)19-11-4-2-3-10(14)5-11/h2-5,9,12,17H,6-8H2,1H3,(H,15,18). The van der Waals surface area contributed by atoms with Crippen molar-refractivity contribution in [1.82, 2.24) is 10.2 Å². The lowest BCUT2D eigenvalue weighted by Crippen LogP contribution is -2.59. The van der Waals surface area contributed by atoms with E-state index in [2.05, 4.69) is 5.32 Å². The van der Waals surface area contributed by atoms with Crippen LogP contribution in [0.3, 0.4) is 0 Å². The summed E-state index contributed by atoms with van der Waals surface area (Å²) in [6.07, 6.45) is -0.542. The highest BCUT2D eigenvalue weighted by Crippen LogP contribution is 2.21. The molecule has 1 aliphatic rings. The number of halogens is 1. The molecule has 6 heteroatoms. The van der Waals surface area contributed by atoms with Crippen LogP contribution in [0, 0.1) is 0 Å². The van der Waals surface area contributed by atoms with E-state index in [4.69, 9.17) is 21.4 Å². The van der Waals surface area contributed by atoms with Crippen molar-refractivity contribution in [2.24, 2.45) is 0 Å². The molecule has 0 aromatic heterocycles. The lowest BCUT2D eigenvalue weighted by Gasteiger charge is -2.38. The molecule has 1 atom stereocenters. The molecule has 1 aliphatic heterocycles. The van der Waals surface area contributed by atoms with E-state index in [0.29, 0.717) is 23.9 Å². The number of aliphatic hydroxyl groups is 1. The Kier molecular flexibility index (Phi) is 4.50. The maximum Gasteiger partial charge on any atom is 0.317 e. The van der Waals surface area contributed by atoms with Gasteiger partial charge in [0.25, 0.3) is 0 Å². The first kappa shape index (κ1) is 14.0. The summed E-state index contributed by atoms with van der Waals surface area (Å²) in [5, 5.41) is 12.3. The van der Waals surface area contributed by atoms with Crippen molar-refractivity contribution in [3.63, 3.8) is 0 Å². The Morgan fingerprint density at radius 1 is 1.63 bits per heavy atom. The minimum Gasteiger partial charge on any atom is -0.487 e. The number of aliphatic hydroxyl groups excluding tert-OH is 1. The van der Waals surface area contributed by atoms with Crippen LogP contribution >= 0.6 is 11.6 Å². The van der Waals surface area contributed by atoms with Crippen LogP contribution in [0.5, 0.6) is 5.75 Å². The summed E-state index contributed by atoms with van der Waals surface area (Å²) < 4.78 is 5.68. The average Bonchev–Trinajstić information content (AvgIpc) is 2.30. The molecular weight excluding hydrogens is 268 g/mol. The number of urea groups is 1. The first-order valence-electron chi connectivity index (χ1n) is 6.17. The van der Waals surface area contributed by atoms with Crippen molar-refractivity contribution < 1.29 is 14.6 Å². The Morgan fingerprint density at radius 2 is 2.37 bits per heavy atom. The summed E-state index contributed by atoms with van der Waals surface area (Å²) in [5.41, 5.74) is 0. The van der Waals surface area contributed by atoms with E-state index >= 15 is 0 Å². The third-order valence-corrected chi connectivity index (χ3v) is 3.02. The van der Waals surface area contributed by atoms with Crippen molar-refractivity contribution in [2.45, 2.75) is 19.1 Å². The van der Waals surface area contributed by atoms with E-state index in [1.165, 1.54) is 0 Å². The fourth-order valence-electron chi connectivity index (χ4n) is 1.76. The first-order chi connectivity index (χ1) is 9.04. The summed E-state index contributed by atoms with van der Waals surface area (Å²) in [4.78, 5) is 13.2. The summed E-state index contributed by atoms with van der Waals surface area (Å²) in [7, 11) is 0. The number of carbonyl (C=O) groups excluding carboxylic acids is 1. The highest BCUT2D eigenvalue weighted by molar-refractivity contribution is 6.30. The monoisotopic (exact) mass is 284 g/mol. The molecule has 19 heavy (non-hydrogen) atoms. The van der Waals surface area contributed by atoms with Gasteiger partial charge in [0.2, 0.25) is 0 Å². The van der Waals surface area contributed by atoms with Crippen molar-refractivity contribution >= 4 is 17.6 Å². The lowest BCUT2D eigenvalue weighted by molar-refractivity contribution is 0.0433. The normalized spacial score (nSPS) is 16.7. The quantitative estimate of drug-likeness (QED) is 0.881. The predicted octanol–water partition coefficient (Wildman–Crippen LogP) is 1.49. The van der Waals surface area contributed by atoms with Crippen molar-refractivity contribution in [3.05, 3.63) is 29.3 Å². The van der Waals surface area contributed by atoms with Crippen LogP contribution in [-0.4, -0.2) is 47.9 Å². The molecule has 0 saturated carbocycles. The molecule has 1 saturated heterocycles. The van der Waals surface area contributed by atoms with Gasteiger partial charge in [0.15, 0.2) is 0 Å². The second-order valence-electron chi connectivity index (χ2n) is 4.64. The average molecular weight is 285 g/mol. The molecule has 0 radical (unpaired) electrons. The first-order valence-corrected chi connectivity index (χ1v) is 6.55. The van der Waals surface area contributed by atoms with Gasteiger partial charge in [0, 0.05) is 11.6 Å². The number of hydrogen-bond acceptors (Lipinski definition) is 3. The largest absolute Gasteiger partial charge is 0.487 e. The van der Waals surface area contributed by atoms with E-state index in [0.717, 1.165) is 0 Å².